The van der Waals surface area contributed by atoms with Gasteiger partial charge in [-0.3, -0.25) is 14.3 Å². The number of nitrogens with zero attached hydrogens (tertiary/aromatic N) is 2. The third kappa shape index (κ3) is 5.93. The molecule has 0 bridgehead atoms. The maximum Gasteiger partial charge on any atom is 0.263 e. The van der Waals surface area contributed by atoms with Gasteiger partial charge in [-0.15, -0.1) is 11.3 Å². The molecule has 0 fully saturated rings. The second-order valence-corrected chi connectivity index (χ2v) is 11.4. The zero-order valence-electron chi connectivity index (χ0n) is 19.6. The summed E-state index contributed by atoms with van der Waals surface area (Å²) >= 11 is 2.28. The smallest absolute Gasteiger partial charge is 0.263 e. The summed E-state index contributed by atoms with van der Waals surface area (Å²) in [6.07, 6.45) is 2.97. The number of hydrogen-bond donors (Lipinski definition) is 3. The molecule has 3 N–H and O–H groups in total. The Morgan fingerprint density at radius 1 is 1.27 bits per heavy atom. The van der Waals surface area contributed by atoms with Gasteiger partial charge in [0.15, 0.2) is 10.9 Å². The van der Waals surface area contributed by atoms with Crippen LogP contribution >= 0.6 is 23.1 Å². The zero-order chi connectivity index (χ0) is 26.6. The standard InChI is InChI=1S/C24H21N5O5S3/c1-14-21(15(2)30)22(19-4-3-10-34-19)18(12-25)23(27-14)36-13-20(31)28-16-5-7-17(8-6-16)37(32,33)29-24-26-9-11-35-24/h3-11,22,27H,13H2,1-2H3,(H,26,29)(H,28,31)/t22-/m1/s1. The average Bonchev–Trinajstić information content (AvgIpc) is 3.56. The molecule has 0 saturated carbocycles. The summed E-state index contributed by atoms with van der Waals surface area (Å²) in [5.74, 6) is -0.788. The van der Waals surface area contributed by atoms with Crippen LogP contribution in [0.3, 0.4) is 0 Å². The fraction of sp³-hybridized carbons (Fsp3) is 0.167. The number of amides is 1. The molecule has 0 saturated heterocycles. The predicted molar refractivity (Wildman–Crippen MR) is 141 cm³/mol. The maximum absolute atomic E-state index is 12.6. The number of sulfonamides is 1. The number of aromatic nitrogens is 1. The number of furan rings is 1. The number of rotatable bonds is 9. The lowest BCUT2D eigenvalue weighted by molar-refractivity contribution is -0.114. The van der Waals surface area contributed by atoms with Crippen molar-refractivity contribution in [1.29, 1.82) is 5.26 Å². The molecule has 1 aromatic carbocycles. The normalized spacial score (nSPS) is 15.6. The summed E-state index contributed by atoms with van der Waals surface area (Å²) in [5, 5.41) is 18.1. The molecule has 1 aliphatic rings. The SMILES string of the molecule is CC(=O)C1=C(C)NC(SCC(=O)Nc2ccc(S(=O)(=O)Nc3nccs3)cc2)=C(C#N)[C@@H]1c1ccco1. The Morgan fingerprint density at radius 3 is 2.62 bits per heavy atom. The van der Waals surface area contributed by atoms with E-state index in [0.717, 1.165) is 23.1 Å². The van der Waals surface area contributed by atoms with E-state index in [-0.39, 0.29) is 33.0 Å². The van der Waals surface area contributed by atoms with Crippen LogP contribution in [0.15, 0.2) is 85.4 Å². The van der Waals surface area contributed by atoms with Crippen molar-refractivity contribution in [3.05, 3.63) is 81.9 Å². The van der Waals surface area contributed by atoms with Gasteiger partial charge in [0.1, 0.15) is 5.76 Å². The fourth-order valence-corrected chi connectivity index (χ4v) is 6.41. The van der Waals surface area contributed by atoms with Crippen LogP contribution in [0.5, 0.6) is 0 Å². The maximum atomic E-state index is 12.6. The quantitative estimate of drug-likeness (QED) is 0.352. The van der Waals surface area contributed by atoms with Gasteiger partial charge in [0.05, 0.1) is 39.5 Å². The molecule has 4 rings (SSSR count). The first-order chi connectivity index (χ1) is 17.7. The highest BCUT2D eigenvalue weighted by atomic mass is 32.2. The van der Waals surface area contributed by atoms with Crippen molar-refractivity contribution in [2.24, 2.45) is 0 Å². The van der Waals surface area contributed by atoms with Crippen LogP contribution in [-0.4, -0.2) is 30.8 Å². The minimum Gasteiger partial charge on any atom is -0.468 e. The number of ketones is 1. The molecule has 0 unspecified atom stereocenters. The molecule has 1 atom stereocenters. The molecule has 0 aliphatic carbocycles. The van der Waals surface area contributed by atoms with Crippen molar-refractivity contribution in [2.45, 2.75) is 24.7 Å². The number of dihydropyridines is 1. The van der Waals surface area contributed by atoms with E-state index in [4.69, 9.17) is 4.42 Å². The molecular formula is C24H21N5O5S3. The molecule has 190 valence electrons. The van der Waals surface area contributed by atoms with Crippen molar-refractivity contribution >= 4 is 55.6 Å². The Labute approximate surface area is 221 Å². The molecule has 3 heterocycles. The van der Waals surface area contributed by atoms with Gasteiger partial charge >= 0.3 is 0 Å². The van der Waals surface area contributed by atoms with E-state index >= 15 is 0 Å². The van der Waals surface area contributed by atoms with Gasteiger partial charge in [-0.2, -0.15) is 5.26 Å². The van der Waals surface area contributed by atoms with Crippen LogP contribution < -0.4 is 15.4 Å². The highest BCUT2D eigenvalue weighted by molar-refractivity contribution is 8.03. The fourth-order valence-electron chi connectivity index (χ4n) is 3.73. The van der Waals surface area contributed by atoms with E-state index in [1.807, 2.05) is 0 Å². The molecule has 1 amide bonds. The summed E-state index contributed by atoms with van der Waals surface area (Å²) in [7, 11) is -3.80. The molecular weight excluding hydrogens is 534 g/mol. The van der Waals surface area contributed by atoms with Gasteiger partial charge in [0.25, 0.3) is 10.0 Å². The minimum atomic E-state index is -3.80. The number of allylic oxidation sites excluding steroid dienone is 3. The summed E-state index contributed by atoms with van der Waals surface area (Å²) in [4.78, 5) is 28.9. The second-order valence-electron chi connectivity index (χ2n) is 7.83. The van der Waals surface area contributed by atoms with Gasteiger partial charge in [-0.1, -0.05) is 11.8 Å². The van der Waals surface area contributed by atoms with Crippen molar-refractivity contribution < 1.29 is 22.4 Å². The predicted octanol–water partition coefficient (Wildman–Crippen LogP) is 4.19. The molecule has 0 spiro atoms. The van der Waals surface area contributed by atoms with E-state index in [0.29, 0.717) is 27.7 Å². The van der Waals surface area contributed by atoms with E-state index in [2.05, 4.69) is 26.4 Å². The topological polar surface area (TPSA) is 154 Å². The number of nitriles is 1. The van der Waals surface area contributed by atoms with Gasteiger partial charge in [0.2, 0.25) is 5.91 Å². The lowest BCUT2D eigenvalue weighted by Gasteiger charge is -2.27. The lowest BCUT2D eigenvalue weighted by atomic mass is 9.84. The van der Waals surface area contributed by atoms with Crippen LogP contribution in [0.2, 0.25) is 0 Å². The van der Waals surface area contributed by atoms with E-state index in [9.17, 15) is 23.3 Å². The van der Waals surface area contributed by atoms with Gasteiger partial charge in [-0.25, -0.2) is 13.4 Å². The van der Waals surface area contributed by atoms with Crippen LogP contribution in [0.1, 0.15) is 25.5 Å². The molecule has 3 aromatic rings. The number of anilines is 2. The largest absolute Gasteiger partial charge is 0.468 e. The Morgan fingerprint density at radius 2 is 2.03 bits per heavy atom. The number of carbonyl (C=O) groups excluding carboxylic acids is 2. The Bertz CT molecular complexity index is 1520. The van der Waals surface area contributed by atoms with Gasteiger partial charge < -0.3 is 15.1 Å². The highest BCUT2D eigenvalue weighted by Crippen LogP contribution is 2.40. The molecule has 10 nitrogen and oxygen atoms in total. The van der Waals surface area contributed by atoms with E-state index < -0.39 is 15.9 Å². The molecule has 37 heavy (non-hydrogen) atoms. The van der Waals surface area contributed by atoms with Gasteiger partial charge in [-0.05, 0) is 50.2 Å². The first kappa shape index (κ1) is 26.2. The van der Waals surface area contributed by atoms with Crippen LogP contribution in [0, 0.1) is 11.3 Å². The third-order valence-electron chi connectivity index (χ3n) is 5.30. The summed E-state index contributed by atoms with van der Waals surface area (Å²) in [5.41, 5.74) is 1.71. The van der Waals surface area contributed by atoms with E-state index in [1.165, 1.54) is 43.6 Å². The Hall–Kier alpha value is -3.86. The molecule has 1 aliphatic heterocycles. The highest BCUT2D eigenvalue weighted by Gasteiger charge is 2.35. The lowest BCUT2D eigenvalue weighted by Crippen LogP contribution is -2.27. The number of thioether (sulfide) groups is 1. The number of thiazole rings is 1. The summed E-state index contributed by atoms with van der Waals surface area (Å²) < 4.78 is 32.8. The minimum absolute atomic E-state index is 0.0257. The zero-order valence-corrected chi connectivity index (χ0v) is 22.1. The van der Waals surface area contributed by atoms with E-state index in [1.54, 1.807) is 24.4 Å². The molecule has 13 heteroatoms. The van der Waals surface area contributed by atoms with Crippen LogP contribution in [-0.2, 0) is 19.6 Å². The average molecular weight is 556 g/mol. The summed E-state index contributed by atoms with van der Waals surface area (Å²) in [6, 6.07) is 11.3. The van der Waals surface area contributed by atoms with Crippen LogP contribution in [0.25, 0.3) is 0 Å². The van der Waals surface area contributed by atoms with Crippen LogP contribution in [0.4, 0.5) is 10.8 Å². The molecule has 2 aromatic heterocycles. The summed E-state index contributed by atoms with van der Waals surface area (Å²) in [6.45, 7) is 3.17. The second kappa shape index (κ2) is 11.0. The third-order valence-corrected chi connectivity index (χ3v) is 8.49. The number of hydrogen-bond acceptors (Lipinski definition) is 10. The van der Waals surface area contributed by atoms with Crippen molar-refractivity contribution in [2.75, 3.05) is 15.8 Å². The number of benzene rings is 1. The first-order valence-electron chi connectivity index (χ1n) is 10.8. The van der Waals surface area contributed by atoms with Crippen molar-refractivity contribution in [3.8, 4) is 6.07 Å². The van der Waals surface area contributed by atoms with Gasteiger partial charge in [0, 0.05) is 28.5 Å². The Balaban J connectivity index is 1.44. The Kier molecular flexibility index (Phi) is 7.82. The first-order valence-corrected chi connectivity index (χ1v) is 14.2. The number of nitrogens with one attached hydrogen (secondary N) is 3. The monoisotopic (exact) mass is 555 g/mol. The number of Topliss-reactive ketones (excluding diaryl/α,β-unsaturated/α-hetero) is 1. The molecule has 0 radical (unpaired) electrons. The van der Waals surface area contributed by atoms with Crippen molar-refractivity contribution in [3.63, 3.8) is 0 Å². The van der Waals surface area contributed by atoms with Crippen molar-refractivity contribution in [1.82, 2.24) is 10.3 Å². The number of carbonyl (C=O) groups is 2.